The number of carbonyl (C=O) groups is 1. The molecule has 1 saturated heterocycles. The normalized spacial score (nSPS) is 20.3. The molecule has 1 unspecified atom stereocenters. The molecule has 92 valence electrons. The van der Waals surface area contributed by atoms with Crippen LogP contribution in [0.25, 0.3) is 0 Å². The quantitative estimate of drug-likeness (QED) is 0.859. The minimum atomic E-state index is 0.116. The lowest BCUT2D eigenvalue weighted by Crippen LogP contribution is -2.44. The molecule has 2 heterocycles. The maximum Gasteiger partial charge on any atom is 0.254 e. The number of carbonyl (C=O) groups excluding carboxylic acids is 1. The lowest BCUT2D eigenvalue weighted by molar-refractivity contribution is 0.0605. The molecule has 1 atom stereocenters. The summed E-state index contributed by atoms with van der Waals surface area (Å²) < 4.78 is 0. The topological polar surface area (TPSA) is 59.2 Å². The first-order chi connectivity index (χ1) is 8.33. The molecule has 2 N–H and O–H groups in total. The van der Waals surface area contributed by atoms with Crippen LogP contribution < -0.4 is 5.73 Å². The van der Waals surface area contributed by atoms with Crippen molar-refractivity contribution in [2.45, 2.75) is 31.7 Å². The van der Waals surface area contributed by atoms with Crippen LogP contribution in [0, 0.1) is 0 Å². The van der Waals surface area contributed by atoms with Gasteiger partial charge in [0.15, 0.2) is 0 Å². The number of rotatable bonds is 3. The summed E-state index contributed by atoms with van der Waals surface area (Å²) in [7, 11) is 0. The number of likely N-dealkylation sites (tertiary alicyclic amines) is 1. The Morgan fingerprint density at radius 2 is 2.18 bits per heavy atom. The third-order valence-electron chi connectivity index (χ3n) is 3.32. The standard InChI is InChI=1S/C13H19N3O/c14-7-4-12-3-1-2-10-16(12)13(17)11-5-8-15-9-6-11/h5-6,8-9,12H,1-4,7,10,14H2. The van der Waals surface area contributed by atoms with E-state index in [1.165, 1.54) is 6.42 Å². The minimum absolute atomic E-state index is 0.116. The summed E-state index contributed by atoms with van der Waals surface area (Å²) in [6.07, 6.45) is 7.60. The van der Waals surface area contributed by atoms with Crippen molar-refractivity contribution in [1.82, 2.24) is 9.88 Å². The summed E-state index contributed by atoms with van der Waals surface area (Å²) in [6, 6.07) is 3.86. The van der Waals surface area contributed by atoms with Crippen molar-refractivity contribution in [1.29, 1.82) is 0 Å². The molecule has 1 aromatic heterocycles. The predicted molar refractivity (Wildman–Crippen MR) is 66.6 cm³/mol. The first kappa shape index (κ1) is 12.0. The van der Waals surface area contributed by atoms with Crippen LogP contribution in [0.5, 0.6) is 0 Å². The summed E-state index contributed by atoms with van der Waals surface area (Å²) in [5.74, 6) is 0.116. The van der Waals surface area contributed by atoms with Crippen molar-refractivity contribution in [2.75, 3.05) is 13.1 Å². The van der Waals surface area contributed by atoms with Gasteiger partial charge in [-0.15, -0.1) is 0 Å². The van der Waals surface area contributed by atoms with Crippen LogP contribution in [0.3, 0.4) is 0 Å². The molecule has 4 heteroatoms. The highest BCUT2D eigenvalue weighted by Crippen LogP contribution is 2.21. The van der Waals surface area contributed by atoms with Crippen LogP contribution in [0.4, 0.5) is 0 Å². The summed E-state index contributed by atoms with van der Waals surface area (Å²) in [6.45, 7) is 1.50. The molecule has 1 aliphatic heterocycles. The Labute approximate surface area is 102 Å². The molecule has 17 heavy (non-hydrogen) atoms. The van der Waals surface area contributed by atoms with E-state index in [4.69, 9.17) is 5.73 Å². The molecular weight excluding hydrogens is 214 g/mol. The van der Waals surface area contributed by atoms with E-state index in [-0.39, 0.29) is 5.91 Å². The van der Waals surface area contributed by atoms with Crippen molar-refractivity contribution in [2.24, 2.45) is 5.73 Å². The first-order valence-corrected chi connectivity index (χ1v) is 6.24. The Morgan fingerprint density at radius 1 is 1.41 bits per heavy atom. The van der Waals surface area contributed by atoms with Gasteiger partial charge in [0.2, 0.25) is 0 Å². The summed E-state index contributed by atoms with van der Waals surface area (Å²) >= 11 is 0. The smallest absolute Gasteiger partial charge is 0.254 e. The SMILES string of the molecule is NCCC1CCCCN1C(=O)c1ccncc1. The maximum absolute atomic E-state index is 12.3. The number of hydrogen-bond acceptors (Lipinski definition) is 3. The molecule has 0 aromatic carbocycles. The van der Waals surface area contributed by atoms with E-state index in [1.54, 1.807) is 24.5 Å². The zero-order valence-electron chi connectivity index (χ0n) is 10.0. The molecule has 2 rings (SSSR count). The Balaban J connectivity index is 2.11. The number of amides is 1. The number of nitrogens with two attached hydrogens (primary N) is 1. The van der Waals surface area contributed by atoms with Gasteiger partial charge in [0.05, 0.1) is 0 Å². The molecule has 0 bridgehead atoms. The van der Waals surface area contributed by atoms with E-state index in [2.05, 4.69) is 4.98 Å². The first-order valence-electron chi connectivity index (χ1n) is 6.24. The highest BCUT2D eigenvalue weighted by atomic mass is 16.2. The molecule has 4 nitrogen and oxygen atoms in total. The van der Waals surface area contributed by atoms with Gasteiger partial charge >= 0.3 is 0 Å². The zero-order chi connectivity index (χ0) is 12.1. The van der Waals surface area contributed by atoms with Crippen LogP contribution in [0.2, 0.25) is 0 Å². The van der Waals surface area contributed by atoms with E-state index < -0.39 is 0 Å². The van der Waals surface area contributed by atoms with E-state index >= 15 is 0 Å². The molecule has 1 aromatic rings. The third kappa shape index (κ3) is 2.82. The average molecular weight is 233 g/mol. The zero-order valence-corrected chi connectivity index (χ0v) is 10.0. The van der Waals surface area contributed by atoms with Gasteiger partial charge in [0, 0.05) is 30.5 Å². The predicted octanol–water partition coefficient (Wildman–Crippen LogP) is 1.43. The lowest BCUT2D eigenvalue weighted by Gasteiger charge is -2.35. The Kier molecular flexibility index (Phi) is 4.09. The monoisotopic (exact) mass is 233 g/mol. The van der Waals surface area contributed by atoms with E-state index in [0.29, 0.717) is 12.6 Å². The second kappa shape index (κ2) is 5.77. The molecule has 0 aliphatic carbocycles. The van der Waals surface area contributed by atoms with Gasteiger partial charge < -0.3 is 10.6 Å². The average Bonchev–Trinajstić information content (AvgIpc) is 2.40. The van der Waals surface area contributed by atoms with Gasteiger partial charge in [-0.3, -0.25) is 9.78 Å². The fraction of sp³-hybridized carbons (Fsp3) is 0.538. The number of piperidine rings is 1. The van der Waals surface area contributed by atoms with Crippen molar-refractivity contribution in [3.05, 3.63) is 30.1 Å². The number of pyridine rings is 1. The highest BCUT2D eigenvalue weighted by Gasteiger charge is 2.26. The molecule has 1 fully saturated rings. The second-order valence-corrected chi connectivity index (χ2v) is 4.46. The highest BCUT2D eigenvalue weighted by molar-refractivity contribution is 5.94. The van der Waals surface area contributed by atoms with Crippen LogP contribution in [-0.4, -0.2) is 34.9 Å². The largest absolute Gasteiger partial charge is 0.336 e. The summed E-state index contributed by atoms with van der Waals surface area (Å²) in [5.41, 5.74) is 6.34. The molecule has 0 saturated carbocycles. The molecule has 0 radical (unpaired) electrons. The van der Waals surface area contributed by atoms with Crippen LogP contribution in [-0.2, 0) is 0 Å². The Hall–Kier alpha value is -1.42. The van der Waals surface area contributed by atoms with Crippen LogP contribution in [0.1, 0.15) is 36.0 Å². The van der Waals surface area contributed by atoms with Crippen molar-refractivity contribution in [3.63, 3.8) is 0 Å². The number of nitrogens with zero attached hydrogens (tertiary/aromatic N) is 2. The van der Waals surface area contributed by atoms with Crippen LogP contribution >= 0.6 is 0 Å². The maximum atomic E-state index is 12.3. The summed E-state index contributed by atoms with van der Waals surface area (Å²) in [5, 5.41) is 0. The summed E-state index contributed by atoms with van der Waals surface area (Å²) in [4.78, 5) is 18.3. The van der Waals surface area contributed by atoms with Crippen molar-refractivity contribution >= 4 is 5.91 Å². The molecule has 1 aliphatic rings. The van der Waals surface area contributed by atoms with E-state index in [0.717, 1.165) is 31.4 Å². The van der Waals surface area contributed by atoms with Gasteiger partial charge in [-0.05, 0) is 44.4 Å². The van der Waals surface area contributed by atoms with Crippen LogP contribution in [0.15, 0.2) is 24.5 Å². The fourth-order valence-corrected chi connectivity index (χ4v) is 2.42. The third-order valence-corrected chi connectivity index (χ3v) is 3.32. The number of hydrogen-bond donors (Lipinski definition) is 1. The molecule has 1 amide bonds. The minimum Gasteiger partial charge on any atom is -0.336 e. The van der Waals surface area contributed by atoms with E-state index in [9.17, 15) is 4.79 Å². The van der Waals surface area contributed by atoms with Gasteiger partial charge in [-0.1, -0.05) is 0 Å². The Morgan fingerprint density at radius 3 is 2.88 bits per heavy atom. The second-order valence-electron chi connectivity index (χ2n) is 4.46. The molecule has 0 spiro atoms. The van der Waals surface area contributed by atoms with Gasteiger partial charge in [-0.25, -0.2) is 0 Å². The van der Waals surface area contributed by atoms with Gasteiger partial charge in [0.25, 0.3) is 5.91 Å². The van der Waals surface area contributed by atoms with Crippen molar-refractivity contribution in [3.8, 4) is 0 Å². The van der Waals surface area contributed by atoms with Gasteiger partial charge in [-0.2, -0.15) is 0 Å². The Bertz CT molecular complexity index is 364. The van der Waals surface area contributed by atoms with Crippen molar-refractivity contribution < 1.29 is 4.79 Å². The number of aromatic nitrogens is 1. The lowest BCUT2D eigenvalue weighted by atomic mass is 9.98. The van der Waals surface area contributed by atoms with E-state index in [1.807, 2.05) is 4.90 Å². The fourth-order valence-electron chi connectivity index (χ4n) is 2.42. The van der Waals surface area contributed by atoms with Gasteiger partial charge in [0.1, 0.15) is 0 Å². The molecular formula is C13H19N3O.